The molecule has 2 atom stereocenters. The number of amides is 2. The van der Waals surface area contributed by atoms with Gasteiger partial charge in [0.1, 0.15) is 12.6 Å². The van der Waals surface area contributed by atoms with Gasteiger partial charge in [0.05, 0.1) is 21.2 Å². The molecule has 0 unspecified atom stereocenters. The van der Waals surface area contributed by atoms with Gasteiger partial charge in [-0.15, -0.1) is 0 Å². The maximum Gasteiger partial charge on any atom is 0.416 e. The maximum absolute atomic E-state index is 13.9. The lowest BCUT2D eigenvalue weighted by Gasteiger charge is -2.32. The number of hydrogen-bond donors (Lipinski definition) is 1. The number of hydrogen-bond acceptors (Lipinski definition) is 4. The number of carbonyl (C=O) groups is 2. The number of nitrogens with one attached hydrogen (secondary N) is 1. The van der Waals surface area contributed by atoms with E-state index in [4.69, 9.17) is 11.6 Å². The standard InChI is InChI=1S/C30H33ClF3N3O4S/c1-4-21(2)35-29(39)22(3)36(18-17-23-11-7-5-8-12-23)28(38)20-37(42(40,41)25-13-9-6-10-14-25)27-19-24(30(32,33)34)15-16-26(27)31/h5-16,19,21-22H,4,17-18,20H2,1-3H3,(H,35,39)/t21-,22-/m1/s1. The average Bonchev–Trinajstić information content (AvgIpc) is 2.96. The van der Waals surface area contributed by atoms with Crippen molar-refractivity contribution >= 4 is 39.1 Å². The molecule has 0 saturated carbocycles. The van der Waals surface area contributed by atoms with Gasteiger partial charge in [0.2, 0.25) is 11.8 Å². The molecule has 0 saturated heterocycles. The quantitative estimate of drug-likeness (QED) is 0.271. The highest BCUT2D eigenvalue weighted by Gasteiger charge is 2.36. The first-order valence-electron chi connectivity index (χ1n) is 13.3. The summed E-state index contributed by atoms with van der Waals surface area (Å²) >= 11 is 6.26. The third-order valence-electron chi connectivity index (χ3n) is 6.80. The highest BCUT2D eigenvalue weighted by molar-refractivity contribution is 7.92. The molecule has 0 radical (unpaired) electrons. The summed E-state index contributed by atoms with van der Waals surface area (Å²) in [6, 6.07) is 17.3. The van der Waals surface area contributed by atoms with Crippen molar-refractivity contribution in [2.45, 2.75) is 56.8 Å². The van der Waals surface area contributed by atoms with E-state index in [9.17, 15) is 31.2 Å². The summed E-state index contributed by atoms with van der Waals surface area (Å²) in [6.45, 7) is 4.37. The van der Waals surface area contributed by atoms with Crippen molar-refractivity contribution in [3.8, 4) is 0 Å². The summed E-state index contributed by atoms with van der Waals surface area (Å²) in [5.74, 6) is -1.23. The molecule has 1 N–H and O–H groups in total. The smallest absolute Gasteiger partial charge is 0.352 e. The summed E-state index contributed by atoms with van der Waals surface area (Å²) in [4.78, 5) is 28.0. The zero-order valence-electron chi connectivity index (χ0n) is 23.4. The minimum Gasteiger partial charge on any atom is -0.352 e. The van der Waals surface area contributed by atoms with Crippen LogP contribution in [0.4, 0.5) is 18.9 Å². The Hall–Kier alpha value is -3.57. The number of rotatable bonds is 12. The molecular weight excluding hydrogens is 591 g/mol. The molecule has 0 fully saturated rings. The minimum atomic E-state index is -4.80. The first-order valence-corrected chi connectivity index (χ1v) is 15.2. The van der Waals surface area contributed by atoms with Crippen LogP contribution in [-0.2, 0) is 32.2 Å². The van der Waals surface area contributed by atoms with Crippen LogP contribution in [0.5, 0.6) is 0 Å². The molecule has 3 aromatic rings. The van der Waals surface area contributed by atoms with E-state index in [0.29, 0.717) is 23.2 Å². The molecule has 0 heterocycles. The van der Waals surface area contributed by atoms with Crippen LogP contribution in [0.1, 0.15) is 38.3 Å². The molecule has 226 valence electrons. The molecule has 0 aliphatic heterocycles. The highest BCUT2D eigenvalue weighted by Crippen LogP contribution is 2.37. The number of anilines is 1. The van der Waals surface area contributed by atoms with Gasteiger partial charge in [-0.05, 0) is 62.6 Å². The van der Waals surface area contributed by atoms with E-state index in [2.05, 4.69) is 5.32 Å². The Bertz CT molecular complexity index is 1470. The Morgan fingerprint density at radius 3 is 2.12 bits per heavy atom. The van der Waals surface area contributed by atoms with Gasteiger partial charge in [-0.1, -0.05) is 67.1 Å². The van der Waals surface area contributed by atoms with Gasteiger partial charge >= 0.3 is 6.18 Å². The van der Waals surface area contributed by atoms with Crippen LogP contribution in [0, 0.1) is 0 Å². The van der Waals surface area contributed by atoms with E-state index in [1.165, 1.54) is 36.1 Å². The normalized spacial score (nSPS) is 13.2. The fourth-order valence-electron chi connectivity index (χ4n) is 4.15. The third kappa shape index (κ3) is 8.25. The Kier molecular flexibility index (Phi) is 11.0. The molecule has 0 aliphatic carbocycles. The van der Waals surface area contributed by atoms with Crippen molar-refractivity contribution in [3.05, 3.63) is 95.0 Å². The van der Waals surface area contributed by atoms with Gasteiger partial charge in [0.15, 0.2) is 0 Å². The molecule has 12 heteroatoms. The van der Waals surface area contributed by atoms with Gasteiger partial charge < -0.3 is 10.2 Å². The topological polar surface area (TPSA) is 86.8 Å². The van der Waals surface area contributed by atoms with Crippen molar-refractivity contribution in [1.29, 1.82) is 0 Å². The first kappa shape index (κ1) is 32.9. The molecule has 2 amide bonds. The molecule has 3 rings (SSSR count). The van der Waals surface area contributed by atoms with Gasteiger partial charge in [0, 0.05) is 12.6 Å². The zero-order valence-corrected chi connectivity index (χ0v) is 25.0. The summed E-state index contributed by atoms with van der Waals surface area (Å²) < 4.78 is 69.1. The van der Waals surface area contributed by atoms with E-state index >= 15 is 0 Å². The van der Waals surface area contributed by atoms with E-state index in [1.807, 2.05) is 44.2 Å². The van der Waals surface area contributed by atoms with E-state index in [-0.39, 0.29) is 22.5 Å². The van der Waals surface area contributed by atoms with Crippen molar-refractivity contribution < 1.29 is 31.2 Å². The monoisotopic (exact) mass is 623 g/mol. The van der Waals surface area contributed by atoms with E-state index in [0.717, 1.165) is 17.7 Å². The van der Waals surface area contributed by atoms with Gasteiger partial charge in [-0.2, -0.15) is 13.2 Å². The van der Waals surface area contributed by atoms with Crippen molar-refractivity contribution in [3.63, 3.8) is 0 Å². The summed E-state index contributed by atoms with van der Waals surface area (Å²) in [7, 11) is -4.57. The van der Waals surface area contributed by atoms with Gasteiger partial charge in [0.25, 0.3) is 10.0 Å². The molecule has 0 aliphatic rings. The van der Waals surface area contributed by atoms with Crippen LogP contribution in [0.2, 0.25) is 5.02 Å². The Balaban J connectivity index is 2.07. The Labute approximate surface area is 249 Å². The number of nitrogens with zero attached hydrogens (tertiary/aromatic N) is 2. The van der Waals surface area contributed by atoms with Crippen LogP contribution < -0.4 is 9.62 Å². The SMILES string of the molecule is CC[C@@H](C)NC(=O)[C@@H](C)N(CCc1ccccc1)C(=O)CN(c1cc(C(F)(F)F)ccc1Cl)S(=O)(=O)c1ccccc1. The van der Waals surface area contributed by atoms with Crippen molar-refractivity contribution in [2.75, 3.05) is 17.4 Å². The third-order valence-corrected chi connectivity index (χ3v) is 8.90. The van der Waals surface area contributed by atoms with Crippen LogP contribution >= 0.6 is 11.6 Å². The number of carbonyl (C=O) groups excluding carboxylic acids is 2. The van der Waals surface area contributed by atoms with Crippen LogP contribution in [0.25, 0.3) is 0 Å². The van der Waals surface area contributed by atoms with E-state index < -0.39 is 51.9 Å². The molecule has 0 spiro atoms. The second kappa shape index (κ2) is 14.1. The number of benzene rings is 3. The predicted octanol–water partition coefficient (Wildman–Crippen LogP) is 5.93. The largest absolute Gasteiger partial charge is 0.416 e. The molecule has 7 nitrogen and oxygen atoms in total. The molecule has 0 aromatic heterocycles. The lowest BCUT2D eigenvalue weighted by molar-refractivity contribution is -0.139. The molecule has 42 heavy (non-hydrogen) atoms. The Morgan fingerprint density at radius 1 is 0.952 bits per heavy atom. The highest BCUT2D eigenvalue weighted by atomic mass is 35.5. The summed E-state index contributed by atoms with van der Waals surface area (Å²) in [5.41, 5.74) is -0.771. The van der Waals surface area contributed by atoms with Crippen molar-refractivity contribution in [2.24, 2.45) is 0 Å². The van der Waals surface area contributed by atoms with Gasteiger partial charge in [-0.25, -0.2) is 8.42 Å². The first-order chi connectivity index (χ1) is 19.8. The molecular formula is C30H33ClF3N3O4S. The summed E-state index contributed by atoms with van der Waals surface area (Å²) in [5, 5.41) is 2.53. The lowest BCUT2D eigenvalue weighted by atomic mass is 10.1. The number of alkyl halides is 3. The number of sulfonamides is 1. The average molecular weight is 624 g/mol. The second-order valence-corrected chi connectivity index (χ2v) is 12.1. The van der Waals surface area contributed by atoms with E-state index in [1.54, 1.807) is 6.07 Å². The fourth-order valence-corrected chi connectivity index (χ4v) is 5.86. The minimum absolute atomic E-state index is 0.0491. The molecule has 0 bridgehead atoms. The molecule has 3 aromatic carbocycles. The fraction of sp³-hybridized carbons (Fsp3) is 0.333. The van der Waals surface area contributed by atoms with Crippen molar-refractivity contribution in [1.82, 2.24) is 10.2 Å². The van der Waals surface area contributed by atoms with Crippen LogP contribution in [0.3, 0.4) is 0 Å². The van der Waals surface area contributed by atoms with Crippen LogP contribution in [-0.4, -0.2) is 50.3 Å². The second-order valence-electron chi connectivity index (χ2n) is 9.81. The lowest BCUT2D eigenvalue weighted by Crippen LogP contribution is -2.53. The number of halogens is 4. The Morgan fingerprint density at radius 2 is 1.55 bits per heavy atom. The predicted molar refractivity (Wildman–Crippen MR) is 157 cm³/mol. The maximum atomic E-state index is 13.9. The zero-order chi connectivity index (χ0) is 31.1. The van der Waals surface area contributed by atoms with Gasteiger partial charge in [-0.3, -0.25) is 13.9 Å². The summed E-state index contributed by atoms with van der Waals surface area (Å²) in [6.07, 6.45) is -3.80. The van der Waals surface area contributed by atoms with Crippen LogP contribution in [0.15, 0.2) is 83.8 Å².